The lowest BCUT2D eigenvalue weighted by molar-refractivity contribution is 0.601. The maximum Gasteiger partial charge on any atom is 0.263 e. The zero-order valence-electron chi connectivity index (χ0n) is 9.04. The Kier molecular flexibility index (Phi) is 3.30. The van der Waals surface area contributed by atoms with Crippen LogP contribution in [0, 0.1) is 0 Å². The zero-order valence-corrected chi connectivity index (χ0v) is 10.7. The predicted molar refractivity (Wildman–Crippen MR) is 68.9 cm³/mol. The predicted octanol–water partition coefficient (Wildman–Crippen LogP) is 1.99. The average Bonchev–Trinajstić information content (AvgIpc) is 2.81. The van der Waals surface area contributed by atoms with E-state index in [-0.39, 0.29) is 4.90 Å². The number of thiazole rings is 1. The summed E-state index contributed by atoms with van der Waals surface area (Å²) in [5.74, 6) is 0. The van der Waals surface area contributed by atoms with Gasteiger partial charge in [-0.25, -0.2) is 13.4 Å². The van der Waals surface area contributed by atoms with E-state index < -0.39 is 10.0 Å². The Labute approximate surface area is 104 Å². The number of nitrogens with one attached hydrogen (secondary N) is 2. The van der Waals surface area contributed by atoms with Gasteiger partial charge in [-0.15, -0.1) is 11.3 Å². The molecule has 0 saturated carbocycles. The van der Waals surface area contributed by atoms with E-state index in [4.69, 9.17) is 0 Å². The Morgan fingerprint density at radius 3 is 2.82 bits per heavy atom. The van der Waals surface area contributed by atoms with Gasteiger partial charge in [0, 0.05) is 24.3 Å². The fourth-order valence-corrected chi connectivity index (χ4v) is 3.10. The van der Waals surface area contributed by atoms with Crippen LogP contribution in [-0.4, -0.2) is 20.4 Å². The third kappa shape index (κ3) is 2.75. The van der Waals surface area contributed by atoms with E-state index in [2.05, 4.69) is 15.0 Å². The first-order chi connectivity index (χ1) is 8.12. The molecule has 0 aliphatic heterocycles. The van der Waals surface area contributed by atoms with E-state index in [9.17, 15) is 8.42 Å². The van der Waals surface area contributed by atoms with Gasteiger partial charge in [-0.1, -0.05) is 6.07 Å². The van der Waals surface area contributed by atoms with Crippen LogP contribution in [0.1, 0.15) is 0 Å². The molecule has 0 atom stereocenters. The van der Waals surface area contributed by atoms with Crippen LogP contribution in [-0.2, 0) is 10.0 Å². The van der Waals surface area contributed by atoms with E-state index >= 15 is 0 Å². The van der Waals surface area contributed by atoms with Gasteiger partial charge in [-0.05, 0) is 18.2 Å². The highest BCUT2D eigenvalue weighted by Crippen LogP contribution is 2.19. The highest BCUT2D eigenvalue weighted by molar-refractivity contribution is 7.93. The minimum Gasteiger partial charge on any atom is -0.388 e. The lowest BCUT2D eigenvalue weighted by Crippen LogP contribution is -2.12. The Morgan fingerprint density at radius 2 is 2.18 bits per heavy atom. The van der Waals surface area contributed by atoms with Gasteiger partial charge in [0.25, 0.3) is 10.0 Å². The van der Waals surface area contributed by atoms with Crippen molar-refractivity contribution in [2.75, 3.05) is 17.1 Å². The van der Waals surface area contributed by atoms with Crippen molar-refractivity contribution in [3.63, 3.8) is 0 Å². The Bertz CT molecular complexity index is 594. The fourth-order valence-electron chi connectivity index (χ4n) is 1.27. The van der Waals surface area contributed by atoms with Gasteiger partial charge in [0.1, 0.15) is 0 Å². The van der Waals surface area contributed by atoms with E-state index in [1.54, 1.807) is 36.8 Å². The molecule has 0 radical (unpaired) electrons. The second-order valence-electron chi connectivity index (χ2n) is 3.22. The maximum atomic E-state index is 12.0. The molecule has 0 spiro atoms. The first-order valence-electron chi connectivity index (χ1n) is 4.82. The molecular formula is C10H11N3O2S2. The molecule has 17 heavy (non-hydrogen) atoms. The van der Waals surface area contributed by atoms with Crippen molar-refractivity contribution in [3.05, 3.63) is 35.8 Å². The van der Waals surface area contributed by atoms with Crippen LogP contribution in [0.2, 0.25) is 0 Å². The number of rotatable bonds is 4. The lowest BCUT2D eigenvalue weighted by atomic mass is 10.3. The van der Waals surface area contributed by atoms with Crippen LogP contribution < -0.4 is 10.0 Å². The molecule has 2 aromatic rings. The van der Waals surface area contributed by atoms with Gasteiger partial charge in [0.2, 0.25) is 0 Å². The topological polar surface area (TPSA) is 71.1 Å². The van der Waals surface area contributed by atoms with Crippen LogP contribution in [0.15, 0.2) is 40.7 Å². The first kappa shape index (κ1) is 11.9. The largest absolute Gasteiger partial charge is 0.388 e. The molecular weight excluding hydrogens is 258 g/mol. The highest BCUT2D eigenvalue weighted by atomic mass is 32.2. The number of benzene rings is 1. The second kappa shape index (κ2) is 4.72. The summed E-state index contributed by atoms with van der Waals surface area (Å²) in [6.07, 6.45) is 1.55. The van der Waals surface area contributed by atoms with Gasteiger partial charge in [0.05, 0.1) is 4.90 Å². The fraction of sp³-hybridized carbons (Fsp3) is 0.100. The van der Waals surface area contributed by atoms with E-state index in [0.29, 0.717) is 5.13 Å². The molecule has 2 rings (SSSR count). The van der Waals surface area contributed by atoms with Crippen molar-refractivity contribution < 1.29 is 8.42 Å². The molecule has 2 N–H and O–H groups in total. The van der Waals surface area contributed by atoms with E-state index in [1.165, 1.54) is 17.4 Å². The van der Waals surface area contributed by atoms with Crippen LogP contribution in [0.4, 0.5) is 10.8 Å². The molecule has 0 unspecified atom stereocenters. The van der Waals surface area contributed by atoms with Crippen LogP contribution in [0.25, 0.3) is 0 Å². The average molecular weight is 269 g/mol. The summed E-state index contributed by atoms with van der Waals surface area (Å²) >= 11 is 1.24. The van der Waals surface area contributed by atoms with E-state index in [1.807, 2.05) is 0 Å². The van der Waals surface area contributed by atoms with Crippen LogP contribution in [0.5, 0.6) is 0 Å². The standard InChI is InChI=1S/C10H11N3O2S2/c1-11-8-3-2-4-9(7-8)17(14,15)13-10-12-5-6-16-10/h2-7,11H,1H3,(H,12,13). The quantitative estimate of drug-likeness (QED) is 0.890. The summed E-state index contributed by atoms with van der Waals surface area (Å²) in [6, 6.07) is 6.58. The summed E-state index contributed by atoms with van der Waals surface area (Å²) in [6.45, 7) is 0. The SMILES string of the molecule is CNc1cccc(S(=O)(=O)Nc2nccs2)c1. The van der Waals surface area contributed by atoms with Crippen molar-refractivity contribution in [1.82, 2.24) is 4.98 Å². The Balaban J connectivity index is 2.31. The van der Waals surface area contributed by atoms with Gasteiger partial charge in [-0.2, -0.15) is 0 Å². The van der Waals surface area contributed by atoms with Gasteiger partial charge < -0.3 is 5.32 Å². The molecule has 0 aliphatic carbocycles. The zero-order chi connectivity index (χ0) is 12.3. The normalized spacial score (nSPS) is 11.1. The molecule has 0 fully saturated rings. The van der Waals surface area contributed by atoms with Crippen LogP contribution >= 0.6 is 11.3 Å². The van der Waals surface area contributed by atoms with Crippen molar-refractivity contribution in [2.45, 2.75) is 4.90 Å². The number of aromatic nitrogens is 1. The molecule has 0 bridgehead atoms. The van der Waals surface area contributed by atoms with Gasteiger partial charge >= 0.3 is 0 Å². The van der Waals surface area contributed by atoms with Gasteiger partial charge in [0.15, 0.2) is 5.13 Å². The lowest BCUT2D eigenvalue weighted by Gasteiger charge is -2.06. The maximum absolute atomic E-state index is 12.0. The second-order valence-corrected chi connectivity index (χ2v) is 5.80. The van der Waals surface area contributed by atoms with Crippen LogP contribution in [0.3, 0.4) is 0 Å². The third-order valence-corrected chi connectivity index (χ3v) is 4.24. The van der Waals surface area contributed by atoms with Crippen molar-refractivity contribution >= 4 is 32.2 Å². The molecule has 1 heterocycles. The van der Waals surface area contributed by atoms with Crippen molar-refractivity contribution in [3.8, 4) is 0 Å². The molecule has 0 aliphatic rings. The Morgan fingerprint density at radius 1 is 1.35 bits per heavy atom. The molecule has 0 amide bonds. The number of nitrogens with zero attached hydrogens (tertiary/aromatic N) is 1. The monoisotopic (exact) mass is 269 g/mol. The van der Waals surface area contributed by atoms with Crippen molar-refractivity contribution in [2.24, 2.45) is 0 Å². The minimum absolute atomic E-state index is 0.208. The molecule has 5 nitrogen and oxygen atoms in total. The summed E-state index contributed by atoms with van der Waals surface area (Å²) in [5, 5.41) is 4.96. The third-order valence-electron chi connectivity index (χ3n) is 2.09. The molecule has 0 saturated heterocycles. The molecule has 90 valence electrons. The molecule has 1 aromatic carbocycles. The van der Waals surface area contributed by atoms with Gasteiger partial charge in [-0.3, -0.25) is 4.72 Å². The number of hydrogen-bond donors (Lipinski definition) is 2. The minimum atomic E-state index is -3.56. The number of anilines is 2. The molecule has 7 heteroatoms. The summed E-state index contributed by atoms with van der Waals surface area (Å²) in [4.78, 5) is 4.09. The van der Waals surface area contributed by atoms with Crippen molar-refractivity contribution in [1.29, 1.82) is 0 Å². The molecule has 1 aromatic heterocycles. The number of sulfonamides is 1. The smallest absolute Gasteiger partial charge is 0.263 e. The summed E-state index contributed by atoms with van der Waals surface area (Å²) < 4.78 is 26.4. The summed E-state index contributed by atoms with van der Waals surface area (Å²) in [5.41, 5.74) is 0.743. The summed E-state index contributed by atoms with van der Waals surface area (Å²) in [7, 11) is -1.82. The number of hydrogen-bond acceptors (Lipinski definition) is 5. The first-order valence-corrected chi connectivity index (χ1v) is 7.18. The van der Waals surface area contributed by atoms with E-state index in [0.717, 1.165) is 5.69 Å². The highest BCUT2D eigenvalue weighted by Gasteiger charge is 2.15. The Hall–Kier alpha value is -1.60.